The highest BCUT2D eigenvalue weighted by Crippen LogP contribution is 2.42. The number of alkyl halides is 3. The number of carbonyl (C=O) groups is 2. The van der Waals surface area contributed by atoms with Gasteiger partial charge >= 0.3 is 18.3 Å². The van der Waals surface area contributed by atoms with Gasteiger partial charge in [-0.15, -0.1) is 0 Å². The second kappa shape index (κ2) is 13.3. The fraction of sp³-hybridized carbons (Fsp3) is 0.375. The van der Waals surface area contributed by atoms with Crippen LogP contribution < -0.4 is 16.4 Å². The smallest absolute Gasteiger partial charge is 0.416 e. The minimum Gasteiger partial charge on any atom is -0.444 e. The molecule has 11 nitrogen and oxygen atoms in total. The number of ether oxygens (including phenoxy) is 2. The van der Waals surface area contributed by atoms with Crippen LogP contribution in [-0.4, -0.2) is 57.4 Å². The molecule has 0 atom stereocenters. The number of urea groups is 1. The summed E-state index contributed by atoms with van der Waals surface area (Å²) in [6.07, 6.45) is -2.71. The number of methoxy groups -OCH3 is 1. The normalized spacial score (nSPS) is 14.3. The Morgan fingerprint density at radius 1 is 1.00 bits per heavy atom. The molecule has 0 saturated carbocycles. The molecule has 4 N–H and O–H groups in total. The first-order valence-corrected chi connectivity index (χ1v) is 14.9. The number of nitrogens with one attached hydrogen (secondary N) is 2. The average molecular weight is 676 g/mol. The van der Waals surface area contributed by atoms with E-state index in [4.69, 9.17) is 15.2 Å². The number of rotatable bonds is 6. The summed E-state index contributed by atoms with van der Waals surface area (Å²) in [6, 6.07) is 4.31. The van der Waals surface area contributed by atoms with E-state index in [0.29, 0.717) is 66.3 Å². The molecule has 16 heteroatoms. The summed E-state index contributed by atoms with van der Waals surface area (Å²) in [7, 11) is 1.51. The molecular formula is C32H34F5N7O4. The molecule has 2 aromatic heterocycles. The second-order valence-corrected chi connectivity index (χ2v) is 12.3. The lowest BCUT2D eigenvalue weighted by atomic mass is 9.89. The summed E-state index contributed by atoms with van der Waals surface area (Å²) in [5.74, 6) is -1.96. The largest absolute Gasteiger partial charge is 0.444 e. The van der Waals surface area contributed by atoms with Gasteiger partial charge in [0.2, 0.25) is 0 Å². The molecule has 3 amide bonds. The van der Waals surface area contributed by atoms with E-state index in [-0.39, 0.29) is 24.0 Å². The predicted octanol–water partition coefficient (Wildman–Crippen LogP) is 7.18. The van der Waals surface area contributed by atoms with Gasteiger partial charge in [-0.25, -0.2) is 27.9 Å². The Hall–Kier alpha value is -4.99. The highest BCUT2D eigenvalue weighted by molar-refractivity contribution is 6.00. The summed E-state index contributed by atoms with van der Waals surface area (Å²) in [5, 5.41) is 8.65. The van der Waals surface area contributed by atoms with Crippen molar-refractivity contribution in [3.05, 3.63) is 71.2 Å². The molecule has 0 spiro atoms. The number of piperidine rings is 1. The van der Waals surface area contributed by atoms with Crippen molar-refractivity contribution in [1.82, 2.24) is 19.5 Å². The van der Waals surface area contributed by atoms with Gasteiger partial charge in [-0.1, -0.05) is 6.07 Å². The lowest BCUT2D eigenvalue weighted by Gasteiger charge is -2.33. The number of aromatic nitrogens is 3. The van der Waals surface area contributed by atoms with E-state index in [1.807, 2.05) is 5.32 Å². The Morgan fingerprint density at radius 2 is 1.69 bits per heavy atom. The number of nitrogens with two attached hydrogens (primary N) is 1. The molecule has 2 aromatic carbocycles. The van der Waals surface area contributed by atoms with Gasteiger partial charge in [-0.2, -0.15) is 18.3 Å². The van der Waals surface area contributed by atoms with Crippen molar-refractivity contribution in [2.24, 2.45) is 0 Å². The molecule has 1 saturated heterocycles. The first-order valence-electron chi connectivity index (χ1n) is 14.9. The lowest BCUT2D eigenvalue weighted by Crippen LogP contribution is -2.41. The van der Waals surface area contributed by atoms with E-state index in [9.17, 15) is 27.2 Å². The van der Waals surface area contributed by atoms with Crippen LogP contribution >= 0.6 is 0 Å². The molecule has 0 unspecified atom stereocenters. The van der Waals surface area contributed by atoms with Gasteiger partial charge in [0.1, 0.15) is 29.1 Å². The zero-order valence-electron chi connectivity index (χ0n) is 26.5. The number of likely N-dealkylation sites (tertiary alicyclic amines) is 1. The third-order valence-electron chi connectivity index (χ3n) is 7.76. The molecule has 1 aliphatic heterocycles. The topological polar surface area (TPSA) is 136 Å². The highest BCUT2D eigenvalue weighted by Gasteiger charge is 2.34. The van der Waals surface area contributed by atoms with Gasteiger partial charge in [0.15, 0.2) is 5.82 Å². The van der Waals surface area contributed by atoms with Crippen LogP contribution in [0.2, 0.25) is 0 Å². The van der Waals surface area contributed by atoms with Crippen LogP contribution in [0.5, 0.6) is 0 Å². The number of benzene rings is 2. The monoisotopic (exact) mass is 675 g/mol. The average Bonchev–Trinajstić information content (AvgIpc) is 3.33. The molecule has 1 aliphatic rings. The number of amides is 3. The fourth-order valence-electron chi connectivity index (χ4n) is 5.71. The van der Waals surface area contributed by atoms with Crippen molar-refractivity contribution >= 4 is 34.8 Å². The number of halogens is 5. The number of nitrogen functional groups attached to an aromatic ring is 1. The van der Waals surface area contributed by atoms with Crippen LogP contribution in [0.1, 0.15) is 56.4 Å². The molecule has 0 bridgehead atoms. The Balaban J connectivity index is 1.44. The first-order chi connectivity index (χ1) is 22.6. The van der Waals surface area contributed by atoms with E-state index < -0.39 is 46.8 Å². The van der Waals surface area contributed by atoms with E-state index in [0.717, 1.165) is 11.8 Å². The molecule has 48 heavy (non-hydrogen) atoms. The third kappa shape index (κ3) is 7.27. The van der Waals surface area contributed by atoms with Gasteiger partial charge in [0.05, 0.1) is 29.2 Å². The fourth-order valence-corrected chi connectivity index (χ4v) is 5.71. The van der Waals surface area contributed by atoms with Crippen molar-refractivity contribution in [1.29, 1.82) is 0 Å². The summed E-state index contributed by atoms with van der Waals surface area (Å²) in [6.45, 7) is 6.36. The maximum Gasteiger partial charge on any atom is 0.416 e. The van der Waals surface area contributed by atoms with Crippen LogP contribution in [0.15, 0.2) is 42.7 Å². The summed E-state index contributed by atoms with van der Waals surface area (Å²) >= 11 is 0. The van der Waals surface area contributed by atoms with Crippen LogP contribution in [0.3, 0.4) is 0 Å². The number of hydrogen-bond donors (Lipinski definition) is 3. The van der Waals surface area contributed by atoms with Crippen molar-refractivity contribution < 1.29 is 41.0 Å². The molecule has 3 heterocycles. The SMILES string of the molecule is COCc1c(-c2ccc(NC(=O)Nc3cc(C(F)(F)F)ccc3F)c(F)c2)c2c(N)ncnn2c1C1CCN(C(=O)OC(C)(C)C)CC1. The number of anilines is 3. The quantitative estimate of drug-likeness (QED) is 0.184. The molecule has 5 rings (SSSR count). The van der Waals surface area contributed by atoms with Gasteiger partial charge in [-0.3, -0.25) is 0 Å². The molecular weight excluding hydrogens is 641 g/mol. The van der Waals surface area contributed by atoms with E-state index in [2.05, 4.69) is 15.4 Å². The number of fused-ring (bicyclic) bond motifs is 1. The molecule has 4 aromatic rings. The van der Waals surface area contributed by atoms with Gasteiger partial charge in [0, 0.05) is 37.2 Å². The highest BCUT2D eigenvalue weighted by atomic mass is 19.4. The summed E-state index contributed by atoms with van der Waals surface area (Å²) in [4.78, 5) is 31.0. The van der Waals surface area contributed by atoms with Gasteiger partial charge in [0.25, 0.3) is 0 Å². The Labute approximate surface area is 272 Å². The van der Waals surface area contributed by atoms with Gasteiger partial charge in [-0.05, 0) is 69.5 Å². The minimum absolute atomic E-state index is 0.0879. The number of hydrogen-bond acceptors (Lipinski definition) is 7. The van der Waals surface area contributed by atoms with E-state index >= 15 is 4.39 Å². The van der Waals surface area contributed by atoms with Crippen molar-refractivity contribution in [3.8, 4) is 11.1 Å². The van der Waals surface area contributed by atoms with Crippen molar-refractivity contribution in [3.63, 3.8) is 0 Å². The second-order valence-electron chi connectivity index (χ2n) is 12.3. The van der Waals surface area contributed by atoms with E-state index in [1.165, 1.54) is 25.6 Å². The van der Waals surface area contributed by atoms with Crippen LogP contribution in [0.25, 0.3) is 16.6 Å². The maximum atomic E-state index is 15.5. The predicted molar refractivity (Wildman–Crippen MR) is 167 cm³/mol. The molecule has 1 fully saturated rings. The number of nitrogens with zero attached hydrogens (tertiary/aromatic N) is 4. The minimum atomic E-state index is -4.76. The number of carbonyl (C=O) groups excluding carboxylic acids is 2. The van der Waals surface area contributed by atoms with Crippen molar-refractivity contribution in [2.75, 3.05) is 36.6 Å². The summed E-state index contributed by atoms with van der Waals surface area (Å²) in [5.41, 5.74) is 6.19. The van der Waals surface area contributed by atoms with Gasteiger partial charge < -0.3 is 30.7 Å². The summed E-state index contributed by atoms with van der Waals surface area (Å²) < 4.78 is 81.6. The zero-order chi connectivity index (χ0) is 35.0. The first kappa shape index (κ1) is 34.3. The van der Waals surface area contributed by atoms with E-state index in [1.54, 1.807) is 30.2 Å². The maximum absolute atomic E-state index is 15.5. The lowest BCUT2D eigenvalue weighted by molar-refractivity contribution is -0.137. The Kier molecular flexibility index (Phi) is 9.48. The third-order valence-corrected chi connectivity index (χ3v) is 7.76. The molecule has 256 valence electrons. The van der Waals surface area contributed by atoms with Crippen LogP contribution in [0, 0.1) is 11.6 Å². The van der Waals surface area contributed by atoms with Crippen LogP contribution in [-0.2, 0) is 22.3 Å². The molecule has 0 aliphatic carbocycles. The standard InChI is InChI=1S/C32H34F5N7O4/c1-31(2,3)48-30(46)43-11-9-17(10-12-43)26-20(15-47-4)25(27-28(38)39-16-40-44(26)27)18-5-8-23(22(34)13-18)41-29(45)42-24-14-19(32(35,36)37)6-7-21(24)33/h5-8,13-14,16-17H,9-12,15H2,1-4H3,(H2,38,39,40)(H2,41,42,45). The zero-order valence-corrected chi connectivity index (χ0v) is 26.5. The molecule has 0 radical (unpaired) electrons. The van der Waals surface area contributed by atoms with Crippen molar-refractivity contribution in [2.45, 2.75) is 57.9 Å². The van der Waals surface area contributed by atoms with Crippen LogP contribution in [0.4, 0.5) is 48.7 Å². The Bertz CT molecular complexity index is 1850. The Morgan fingerprint density at radius 3 is 2.31 bits per heavy atom.